The Balaban J connectivity index is 1.60. The fraction of sp³-hybridized carbons (Fsp3) is 0.312. The van der Waals surface area contributed by atoms with E-state index >= 15 is 0 Å². The molecule has 0 aliphatic carbocycles. The second-order valence-electron chi connectivity index (χ2n) is 5.20. The van der Waals surface area contributed by atoms with Gasteiger partial charge < -0.3 is 9.64 Å². The Morgan fingerprint density at radius 3 is 2.77 bits per heavy atom. The summed E-state index contributed by atoms with van der Waals surface area (Å²) < 4.78 is 5.17. The Kier molecular flexibility index (Phi) is 4.18. The zero-order valence-corrected chi connectivity index (χ0v) is 12.8. The third-order valence-electron chi connectivity index (χ3n) is 3.71. The van der Waals surface area contributed by atoms with E-state index in [1.807, 2.05) is 19.2 Å². The lowest BCUT2D eigenvalue weighted by Gasteiger charge is -2.18. The Bertz CT molecular complexity index is 738. The van der Waals surface area contributed by atoms with Crippen molar-refractivity contribution in [1.29, 1.82) is 0 Å². The van der Waals surface area contributed by atoms with Gasteiger partial charge >= 0.3 is 0 Å². The van der Waals surface area contributed by atoms with Crippen LogP contribution < -0.4 is 9.64 Å². The van der Waals surface area contributed by atoms with Crippen LogP contribution in [-0.2, 0) is 6.42 Å². The van der Waals surface area contributed by atoms with Gasteiger partial charge in [-0.15, -0.1) is 0 Å². The van der Waals surface area contributed by atoms with Gasteiger partial charge in [0.05, 0.1) is 18.7 Å². The standard InChI is InChI=1S/C16H19N5O/c1-21(16-14-10-19-20-15(14)17-11-18-16)9-3-4-12-5-7-13(22-2)8-6-12/h5-8,10-11H,3-4,9H2,1-2H3,(H,17,18,19,20). The molecular formula is C16H19N5O. The number of rotatable bonds is 6. The van der Waals surface area contributed by atoms with Crippen molar-refractivity contribution in [2.24, 2.45) is 0 Å². The summed E-state index contributed by atoms with van der Waals surface area (Å²) in [6.07, 6.45) is 5.40. The Morgan fingerprint density at radius 2 is 2.00 bits per heavy atom. The molecule has 114 valence electrons. The fourth-order valence-corrected chi connectivity index (χ4v) is 2.47. The number of hydrogen-bond donors (Lipinski definition) is 1. The van der Waals surface area contributed by atoms with E-state index in [2.05, 4.69) is 37.2 Å². The molecule has 6 nitrogen and oxygen atoms in total. The molecule has 6 heteroatoms. The number of aromatic amines is 1. The van der Waals surface area contributed by atoms with Gasteiger partial charge in [0, 0.05) is 13.6 Å². The van der Waals surface area contributed by atoms with Crippen LogP contribution in [0.2, 0.25) is 0 Å². The van der Waals surface area contributed by atoms with Crippen LogP contribution in [0.15, 0.2) is 36.8 Å². The van der Waals surface area contributed by atoms with E-state index in [4.69, 9.17) is 4.74 Å². The monoisotopic (exact) mass is 297 g/mol. The summed E-state index contributed by atoms with van der Waals surface area (Å²) in [5.74, 6) is 1.80. The topological polar surface area (TPSA) is 66.9 Å². The molecule has 0 aliphatic rings. The van der Waals surface area contributed by atoms with E-state index in [1.54, 1.807) is 19.6 Å². The third-order valence-corrected chi connectivity index (χ3v) is 3.71. The van der Waals surface area contributed by atoms with Crippen molar-refractivity contribution in [2.75, 3.05) is 25.6 Å². The minimum absolute atomic E-state index is 0.770. The average molecular weight is 297 g/mol. The molecule has 0 bridgehead atoms. The highest BCUT2D eigenvalue weighted by atomic mass is 16.5. The number of nitrogens with zero attached hydrogens (tertiary/aromatic N) is 4. The van der Waals surface area contributed by atoms with Gasteiger partial charge in [-0.25, -0.2) is 9.97 Å². The Hall–Kier alpha value is -2.63. The molecule has 0 amide bonds. The lowest BCUT2D eigenvalue weighted by atomic mass is 10.1. The maximum absolute atomic E-state index is 5.17. The van der Waals surface area contributed by atoms with Gasteiger partial charge in [-0.1, -0.05) is 12.1 Å². The molecule has 0 aliphatic heterocycles. The number of aromatic nitrogens is 4. The van der Waals surface area contributed by atoms with Gasteiger partial charge in [0.15, 0.2) is 5.65 Å². The number of H-pyrrole nitrogens is 1. The summed E-state index contributed by atoms with van der Waals surface area (Å²) in [6, 6.07) is 8.21. The number of fused-ring (bicyclic) bond motifs is 1. The van der Waals surface area contributed by atoms with Crippen LogP contribution in [-0.4, -0.2) is 40.9 Å². The smallest absolute Gasteiger partial charge is 0.160 e. The zero-order valence-electron chi connectivity index (χ0n) is 12.8. The number of hydrogen-bond acceptors (Lipinski definition) is 5. The van der Waals surface area contributed by atoms with Crippen LogP contribution in [0.1, 0.15) is 12.0 Å². The number of ether oxygens (including phenoxy) is 1. The molecule has 22 heavy (non-hydrogen) atoms. The van der Waals surface area contributed by atoms with Crippen LogP contribution >= 0.6 is 0 Å². The van der Waals surface area contributed by atoms with Crippen LogP contribution in [0.3, 0.4) is 0 Å². The van der Waals surface area contributed by atoms with Gasteiger partial charge in [0.25, 0.3) is 0 Å². The predicted octanol–water partition coefficient (Wildman–Crippen LogP) is 2.43. The van der Waals surface area contributed by atoms with Gasteiger partial charge in [-0.05, 0) is 30.5 Å². The molecule has 2 aromatic heterocycles. The molecule has 3 rings (SSSR count). The quantitative estimate of drug-likeness (QED) is 0.757. The predicted molar refractivity (Wildman–Crippen MR) is 86.3 cm³/mol. The van der Waals surface area contributed by atoms with Gasteiger partial charge in [-0.2, -0.15) is 5.10 Å². The molecule has 1 aromatic carbocycles. The molecule has 3 aromatic rings. The van der Waals surface area contributed by atoms with Crippen LogP contribution in [0, 0.1) is 0 Å². The summed E-state index contributed by atoms with van der Waals surface area (Å²) >= 11 is 0. The summed E-state index contributed by atoms with van der Waals surface area (Å²) in [7, 11) is 3.73. The maximum Gasteiger partial charge on any atom is 0.160 e. The Morgan fingerprint density at radius 1 is 1.18 bits per heavy atom. The van der Waals surface area contributed by atoms with Crippen molar-refractivity contribution in [3.63, 3.8) is 0 Å². The van der Waals surface area contributed by atoms with Crippen molar-refractivity contribution in [3.8, 4) is 5.75 Å². The molecule has 2 heterocycles. The molecule has 1 N–H and O–H groups in total. The number of nitrogens with one attached hydrogen (secondary N) is 1. The van der Waals surface area contributed by atoms with Crippen molar-refractivity contribution in [3.05, 3.63) is 42.4 Å². The van der Waals surface area contributed by atoms with Crippen LogP contribution in [0.5, 0.6) is 5.75 Å². The molecular weight excluding hydrogens is 278 g/mol. The largest absolute Gasteiger partial charge is 0.497 e. The second-order valence-corrected chi connectivity index (χ2v) is 5.20. The second kappa shape index (κ2) is 6.43. The van der Waals surface area contributed by atoms with E-state index < -0.39 is 0 Å². The normalized spacial score (nSPS) is 10.8. The minimum atomic E-state index is 0.770. The maximum atomic E-state index is 5.17. The van der Waals surface area contributed by atoms with Gasteiger partial charge in [0.2, 0.25) is 0 Å². The van der Waals surface area contributed by atoms with Crippen molar-refractivity contribution in [1.82, 2.24) is 20.2 Å². The van der Waals surface area contributed by atoms with E-state index in [0.29, 0.717) is 0 Å². The highest BCUT2D eigenvalue weighted by Crippen LogP contribution is 2.20. The van der Waals surface area contributed by atoms with E-state index in [-0.39, 0.29) is 0 Å². The van der Waals surface area contributed by atoms with Crippen molar-refractivity contribution >= 4 is 16.9 Å². The van der Waals surface area contributed by atoms with Crippen molar-refractivity contribution in [2.45, 2.75) is 12.8 Å². The first-order valence-electron chi connectivity index (χ1n) is 7.26. The average Bonchev–Trinajstić information content (AvgIpc) is 3.04. The minimum Gasteiger partial charge on any atom is -0.497 e. The third kappa shape index (κ3) is 3.00. The Labute approximate surface area is 129 Å². The molecule has 0 spiro atoms. The van der Waals surface area contributed by atoms with Gasteiger partial charge in [-0.3, -0.25) is 5.10 Å². The lowest BCUT2D eigenvalue weighted by molar-refractivity contribution is 0.414. The van der Waals surface area contributed by atoms with E-state index in [0.717, 1.165) is 42.0 Å². The number of methoxy groups -OCH3 is 1. The summed E-state index contributed by atoms with van der Waals surface area (Å²) in [4.78, 5) is 10.7. The molecule has 0 saturated heterocycles. The fourth-order valence-electron chi connectivity index (χ4n) is 2.47. The molecule has 0 saturated carbocycles. The molecule has 0 radical (unpaired) electrons. The van der Waals surface area contributed by atoms with Crippen LogP contribution in [0.25, 0.3) is 11.0 Å². The molecule has 0 fully saturated rings. The first-order valence-corrected chi connectivity index (χ1v) is 7.26. The zero-order chi connectivity index (χ0) is 15.4. The van der Waals surface area contributed by atoms with Crippen LogP contribution in [0.4, 0.5) is 5.82 Å². The highest BCUT2D eigenvalue weighted by molar-refractivity contribution is 5.85. The highest BCUT2D eigenvalue weighted by Gasteiger charge is 2.09. The SMILES string of the molecule is COc1ccc(CCCN(C)c2ncnc3[nH]ncc23)cc1. The van der Waals surface area contributed by atoms with E-state index in [1.165, 1.54) is 5.56 Å². The molecule has 0 atom stereocenters. The molecule has 0 unspecified atom stereocenters. The number of benzene rings is 1. The first-order chi connectivity index (χ1) is 10.8. The lowest BCUT2D eigenvalue weighted by Crippen LogP contribution is -2.20. The van der Waals surface area contributed by atoms with Gasteiger partial charge in [0.1, 0.15) is 17.9 Å². The summed E-state index contributed by atoms with van der Waals surface area (Å²) in [5.41, 5.74) is 2.08. The summed E-state index contributed by atoms with van der Waals surface area (Å²) in [6.45, 7) is 0.920. The summed E-state index contributed by atoms with van der Waals surface area (Å²) in [5, 5.41) is 7.84. The van der Waals surface area contributed by atoms with E-state index in [9.17, 15) is 0 Å². The van der Waals surface area contributed by atoms with Crippen molar-refractivity contribution < 1.29 is 4.74 Å². The number of aryl methyl sites for hydroxylation is 1. The number of anilines is 1. The first kappa shape index (κ1) is 14.3.